The average molecular weight is 233 g/mol. The number of hydrogen-bond donors (Lipinski definition) is 1. The predicted molar refractivity (Wildman–Crippen MR) is 67.5 cm³/mol. The Labute approximate surface area is 102 Å². The Morgan fingerprint density at radius 1 is 1.47 bits per heavy atom. The summed E-state index contributed by atoms with van der Waals surface area (Å²) < 4.78 is 0. The molecule has 2 unspecified atom stereocenters. The molecule has 1 saturated heterocycles. The molecule has 1 aliphatic rings. The van der Waals surface area contributed by atoms with Crippen LogP contribution in [-0.2, 0) is 0 Å². The number of pyridine rings is 1. The van der Waals surface area contributed by atoms with Crippen molar-refractivity contribution in [1.82, 2.24) is 9.88 Å². The minimum atomic E-state index is 0.0666. The molecule has 1 aliphatic heterocycles. The maximum Gasteiger partial charge on any atom is 0.255 e. The first-order valence-electron chi connectivity index (χ1n) is 6.10. The lowest BCUT2D eigenvalue weighted by atomic mass is 9.93. The monoisotopic (exact) mass is 233 g/mol. The van der Waals surface area contributed by atoms with Crippen LogP contribution in [0.3, 0.4) is 0 Å². The molecule has 1 fully saturated rings. The Morgan fingerprint density at radius 3 is 2.82 bits per heavy atom. The van der Waals surface area contributed by atoms with E-state index in [1.165, 1.54) is 0 Å². The third-order valence-corrected chi connectivity index (χ3v) is 3.43. The molecule has 0 radical (unpaired) electrons. The third-order valence-electron chi connectivity index (χ3n) is 3.43. The summed E-state index contributed by atoms with van der Waals surface area (Å²) in [4.78, 5) is 18.2. The predicted octanol–water partition coefficient (Wildman–Crippen LogP) is 1.92. The van der Waals surface area contributed by atoms with Crippen LogP contribution < -0.4 is 5.73 Å². The number of hydrogen-bond acceptors (Lipinski definition) is 3. The number of rotatable bonds is 1. The first-order chi connectivity index (χ1) is 8.08. The van der Waals surface area contributed by atoms with Crippen molar-refractivity contribution in [2.24, 2.45) is 5.92 Å². The number of nitrogen functional groups attached to an aromatic ring is 1. The number of nitrogens with two attached hydrogens (primary N) is 1. The van der Waals surface area contributed by atoms with E-state index in [4.69, 9.17) is 5.73 Å². The maximum absolute atomic E-state index is 12.3. The van der Waals surface area contributed by atoms with Crippen molar-refractivity contribution in [3.05, 3.63) is 23.9 Å². The highest BCUT2D eigenvalue weighted by atomic mass is 16.2. The Morgan fingerprint density at radius 2 is 2.24 bits per heavy atom. The summed E-state index contributed by atoms with van der Waals surface area (Å²) in [7, 11) is 0. The lowest BCUT2D eigenvalue weighted by Crippen LogP contribution is -2.44. The molecule has 0 spiro atoms. The Kier molecular flexibility index (Phi) is 3.31. The van der Waals surface area contributed by atoms with Crippen LogP contribution in [0, 0.1) is 5.92 Å². The second-order valence-electron chi connectivity index (χ2n) is 4.95. The van der Waals surface area contributed by atoms with Gasteiger partial charge in [0.25, 0.3) is 5.91 Å². The first kappa shape index (κ1) is 11.9. The van der Waals surface area contributed by atoms with E-state index < -0.39 is 0 Å². The fourth-order valence-corrected chi connectivity index (χ4v) is 2.41. The molecule has 2 atom stereocenters. The smallest absolute Gasteiger partial charge is 0.255 e. The number of nitrogens with zero attached hydrogens (tertiary/aromatic N) is 2. The fourth-order valence-electron chi connectivity index (χ4n) is 2.41. The first-order valence-corrected chi connectivity index (χ1v) is 6.10. The number of amides is 1. The van der Waals surface area contributed by atoms with E-state index in [9.17, 15) is 4.79 Å². The van der Waals surface area contributed by atoms with E-state index >= 15 is 0 Å². The topological polar surface area (TPSA) is 59.2 Å². The van der Waals surface area contributed by atoms with Crippen LogP contribution in [-0.4, -0.2) is 28.4 Å². The van der Waals surface area contributed by atoms with Gasteiger partial charge in [-0.25, -0.2) is 4.98 Å². The van der Waals surface area contributed by atoms with Crippen LogP contribution in [0.15, 0.2) is 18.3 Å². The van der Waals surface area contributed by atoms with Crippen molar-refractivity contribution in [2.45, 2.75) is 32.7 Å². The Bertz CT molecular complexity index is 402. The number of piperidine rings is 1. The van der Waals surface area contributed by atoms with Gasteiger partial charge < -0.3 is 10.6 Å². The minimum absolute atomic E-state index is 0.0666. The van der Waals surface area contributed by atoms with Gasteiger partial charge in [0.05, 0.1) is 5.56 Å². The quantitative estimate of drug-likeness (QED) is 0.806. The largest absolute Gasteiger partial charge is 0.384 e. The zero-order valence-electron chi connectivity index (χ0n) is 10.4. The molecule has 1 aromatic heterocycles. The maximum atomic E-state index is 12.3. The number of carbonyl (C=O) groups is 1. The van der Waals surface area contributed by atoms with Crippen LogP contribution in [0.25, 0.3) is 0 Å². The van der Waals surface area contributed by atoms with E-state index in [2.05, 4.69) is 18.8 Å². The number of likely N-dealkylation sites (tertiary alicyclic amines) is 1. The van der Waals surface area contributed by atoms with Gasteiger partial charge in [-0.2, -0.15) is 0 Å². The van der Waals surface area contributed by atoms with Crippen molar-refractivity contribution in [3.8, 4) is 0 Å². The normalized spacial score (nSPS) is 24.7. The molecule has 2 N–H and O–H groups in total. The lowest BCUT2D eigenvalue weighted by molar-refractivity contribution is 0.0588. The molecule has 92 valence electrons. The van der Waals surface area contributed by atoms with Gasteiger partial charge >= 0.3 is 0 Å². The molecular formula is C13H19N3O. The standard InChI is InChI=1S/C13H19N3O/c1-9-5-6-16(10(2)7-9)13(17)11-3-4-12(14)15-8-11/h3-4,8-10H,5-7H2,1-2H3,(H2,14,15). The molecule has 1 amide bonds. The summed E-state index contributed by atoms with van der Waals surface area (Å²) in [5.74, 6) is 1.22. The van der Waals surface area contributed by atoms with Crippen LogP contribution in [0.4, 0.5) is 5.82 Å². The summed E-state index contributed by atoms with van der Waals surface area (Å²) >= 11 is 0. The van der Waals surface area contributed by atoms with Crippen LogP contribution in [0.2, 0.25) is 0 Å². The highest BCUT2D eigenvalue weighted by Gasteiger charge is 2.27. The zero-order valence-corrected chi connectivity index (χ0v) is 10.4. The summed E-state index contributed by atoms with van der Waals surface area (Å²) in [6.07, 6.45) is 3.72. The van der Waals surface area contributed by atoms with Gasteiger partial charge in [-0.1, -0.05) is 6.92 Å². The van der Waals surface area contributed by atoms with E-state index in [1.807, 2.05) is 4.90 Å². The van der Waals surface area contributed by atoms with Crippen molar-refractivity contribution in [1.29, 1.82) is 0 Å². The van der Waals surface area contributed by atoms with Crippen LogP contribution >= 0.6 is 0 Å². The molecule has 17 heavy (non-hydrogen) atoms. The van der Waals surface area contributed by atoms with Crippen molar-refractivity contribution in [3.63, 3.8) is 0 Å². The van der Waals surface area contributed by atoms with Crippen molar-refractivity contribution < 1.29 is 4.79 Å². The van der Waals surface area contributed by atoms with Gasteiger partial charge in [-0.15, -0.1) is 0 Å². The van der Waals surface area contributed by atoms with Gasteiger partial charge in [-0.05, 0) is 37.8 Å². The number of aromatic nitrogens is 1. The summed E-state index contributed by atoms with van der Waals surface area (Å²) in [6, 6.07) is 3.73. The average Bonchev–Trinajstić information content (AvgIpc) is 2.29. The van der Waals surface area contributed by atoms with E-state index in [0.717, 1.165) is 19.4 Å². The molecule has 0 saturated carbocycles. The molecule has 0 bridgehead atoms. The molecule has 0 aromatic carbocycles. The molecule has 2 heterocycles. The van der Waals surface area contributed by atoms with E-state index in [0.29, 0.717) is 23.3 Å². The molecule has 4 nitrogen and oxygen atoms in total. The van der Waals surface area contributed by atoms with Gasteiger partial charge in [0.2, 0.25) is 0 Å². The van der Waals surface area contributed by atoms with Gasteiger partial charge in [0, 0.05) is 18.8 Å². The highest BCUT2D eigenvalue weighted by Crippen LogP contribution is 2.23. The number of carbonyl (C=O) groups excluding carboxylic acids is 1. The second-order valence-corrected chi connectivity index (χ2v) is 4.95. The number of anilines is 1. The van der Waals surface area contributed by atoms with Gasteiger partial charge in [-0.3, -0.25) is 4.79 Å². The molecule has 1 aromatic rings. The molecule has 2 rings (SSSR count). The van der Waals surface area contributed by atoms with Crippen molar-refractivity contribution in [2.75, 3.05) is 12.3 Å². The van der Waals surface area contributed by atoms with Gasteiger partial charge in [0.15, 0.2) is 0 Å². The summed E-state index contributed by atoms with van der Waals surface area (Å²) in [5.41, 5.74) is 6.14. The molecule has 4 heteroatoms. The van der Waals surface area contributed by atoms with E-state index in [-0.39, 0.29) is 5.91 Å². The lowest BCUT2D eigenvalue weighted by Gasteiger charge is -2.36. The third kappa shape index (κ3) is 2.57. The highest BCUT2D eigenvalue weighted by molar-refractivity contribution is 5.94. The zero-order chi connectivity index (χ0) is 12.4. The van der Waals surface area contributed by atoms with E-state index in [1.54, 1.807) is 18.3 Å². The van der Waals surface area contributed by atoms with Crippen LogP contribution in [0.1, 0.15) is 37.0 Å². The summed E-state index contributed by atoms with van der Waals surface area (Å²) in [6.45, 7) is 5.19. The SMILES string of the molecule is CC1CCN(C(=O)c2ccc(N)nc2)C(C)C1. The molecule has 0 aliphatic carbocycles. The van der Waals surface area contributed by atoms with Crippen LogP contribution in [0.5, 0.6) is 0 Å². The summed E-state index contributed by atoms with van der Waals surface area (Å²) in [5, 5.41) is 0. The van der Waals surface area contributed by atoms with Crippen molar-refractivity contribution >= 4 is 11.7 Å². The fraction of sp³-hybridized carbons (Fsp3) is 0.538. The second kappa shape index (κ2) is 4.73. The molecular weight excluding hydrogens is 214 g/mol. The Hall–Kier alpha value is -1.58. The minimum Gasteiger partial charge on any atom is -0.384 e. The van der Waals surface area contributed by atoms with Gasteiger partial charge in [0.1, 0.15) is 5.82 Å². The Balaban J connectivity index is 2.12.